The summed E-state index contributed by atoms with van der Waals surface area (Å²) in [6.45, 7) is 1.55. The number of alkyl carbamates (subject to hydrolysis) is 1. The van der Waals surface area contributed by atoms with Crippen molar-refractivity contribution in [1.29, 1.82) is 0 Å². The van der Waals surface area contributed by atoms with E-state index in [2.05, 4.69) is 20.2 Å². The van der Waals surface area contributed by atoms with Crippen LogP contribution in [0.25, 0.3) is 11.1 Å². The van der Waals surface area contributed by atoms with Gasteiger partial charge in [-0.05, 0) is 36.2 Å². The van der Waals surface area contributed by atoms with E-state index in [1.165, 1.54) is 23.5 Å². The zero-order valence-corrected chi connectivity index (χ0v) is 16.7. The number of hydrogen-bond acceptors (Lipinski definition) is 6. The number of hydrogen-bond donors (Lipinski definition) is 1. The van der Waals surface area contributed by atoms with Gasteiger partial charge in [-0.1, -0.05) is 12.1 Å². The van der Waals surface area contributed by atoms with Crippen LogP contribution in [0.15, 0.2) is 53.5 Å². The van der Waals surface area contributed by atoms with Gasteiger partial charge in [-0.2, -0.15) is 0 Å². The molecule has 1 amide bonds. The highest BCUT2D eigenvalue weighted by molar-refractivity contribution is 7.07. The molecule has 0 aliphatic carbocycles. The van der Waals surface area contributed by atoms with Gasteiger partial charge in [0.15, 0.2) is 6.10 Å². The topological polar surface area (TPSA) is 67.3 Å². The summed E-state index contributed by atoms with van der Waals surface area (Å²) in [5, 5.41) is 4.44. The van der Waals surface area contributed by atoms with Gasteiger partial charge in [0, 0.05) is 43.2 Å². The monoisotopic (exact) mass is 412 g/mol. The third kappa shape index (κ3) is 4.37. The first-order chi connectivity index (χ1) is 14.1. The minimum Gasteiger partial charge on any atom is -0.439 e. The Morgan fingerprint density at radius 3 is 2.69 bits per heavy atom. The lowest BCUT2D eigenvalue weighted by Gasteiger charge is -2.23. The summed E-state index contributed by atoms with van der Waals surface area (Å²) in [6.07, 6.45) is 1.84. The Labute approximate surface area is 172 Å². The number of halogens is 1. The number of pyridine rings is 1. The van der Waals surface area contributed by atoms with E-state index in [1.54, 1.807) is 30.9 Å². The lowest BCUT2D eigenvalue weighted by Crippen LogP contribution is -2.28. The highest BCUT2D eigenvalue weighted by atomic mass is 32.1. The summed E-state index contributed by atoms with van der Waals surface area (Å²) >= 11 is 1.49. The van der Waals surface area contributed by atoms with E-state index in [0.717, 1.165) is 42.1 Å². The van der Waals surface area contributed by atoms with Gasteiger partial charge in [-0.15, -0.1) is 11.3 Å². The van der Waals surface area contributed by atoms with E-state index in [9.17, 15) is 9.18 Å². The average Bonchev–Trinajstić information content (AvgIpc) is 3.45. The summed E-state index contributed by atoms with van der Waals surface area (Å²) in [7, 11) is 1.55. The van der Waals surface area contributed by atoms with Gasteiger partial charge in [-0.3, -0.25) is 0 Å². The summed E-state index contributed by atoms with van der Waals surface area (Å²) in [6, 6.07) is 10.3. The molecular formula is C21H21FN4O2S. The minimum atomic E-state index is -0.455. The zero-order chi connectivity index (χ0) is 20.2. The van der Waals surface area contributed by atoms with Gasteiger partial charge in [0.2, 0.25) is 0 Å². The molecule has 2 aromatic heterocycles. The Bertz CT molecular complexity index is 948. The van der Waals surface area contributed by atoms with Crippen molar-refractivity contribution < 1.29 is 13.9 Å². The van der Waals surface area contributed by atoms with Crippen LogP contribution < -0.4 is 10.2 Å². The first kappa shape index (κ1) is 19.3. The van der Waals surface area contributed by atoms with Crippen LogP contribution in [0.3, 0.4) is 0 Å². The fraction of sp³-hybridized carbons (Fsp3) is 0.286. The molecule has 1 fully saturated rings. The number of anilines is 1. The number of amides is 1. The molecular weight excluding hydrogens is 391 g/mol. The van der Waals surface area contributed by atoms with Gasteiger partial charge in [0.05, 0.1) is 11.2 Å². The summed E-state index contributed by atoms with van der Waals surface area (Å²) in [5.41, 5.74) is 4.39. The maximum absolute atomic E-state index is 13.1. The number of carbonyl (C=O) groups is 1. The minimum absolute atomic E-state index is 0.132. The maximum atomic E-state index is 13.1. The molecule has 150 valence electrons. The molecule has 1 aromatic carbocycles. The fourth-order valence-electron chi connectivity index (χ4n) is 3.56. The van der Waals surface area contributed by atoms with Gasteiger partial charge in [0.25, 0.3) is 0 Å². The van der Waals surface area contributed by atoms with Crippen LogP contribution in [0.1, 0.15) is 18.2 Å². The number of rotatable bonds is 5. The van der Waals surface area contributed by atoms with Crippen LogP contribution in [-0.4, -0.2) is 36.2 Å². The zero-order valence-electron chi connectivity index (χ0n) is 15.9. The van der Waals surface area contributed by atoms with E-state index in [1.807, 2.05) is 17.5 Å². The Morgan fingerprint density at radius 1 is 1.24 bits per heavy atom. The molecule has 3 aromatic rings. The van der Waals surface area contributed by atoms with Gasteiger partial charge in [0.1, 0.15) is 11.6 Å². The SMILES string of the molecule is CNC(=O)OC(c1cscn1)C1CCN(c2ccc(-c3ccc(F)cc3)cn2)C1. The van der Waals surface area contributed by atoms with Crippen LogP contribution in [0, 0.1) is 11.7 Å². The standard InChI is InChI=1S/C21H21FN4O2S/c1-23-21(27)28-20(18-12-29-13-25-18)16-8-9-26(11-16)19-7-4-15(10-24-19)14-2-5-17(22)6-3-14/h2-7,10,12-13,16,20H,8-9,11H2,1H3,(H,23,27). The molecule has 6 nitrogen and oxygen atoms in total. The van der Waals surface area contributed by atoms with Crippen LogP contribution >= 0.6 is 11.3 Å². The predicted octanol–water partition coefficient (Wildman–Crippen LogP) is 4.27. The number of nitrogens with zero attached hydrogens (tertiary/aromatic N) is 3. The van der Waals surface area contributed by atoms with Gasteiger partial charge in [-0.25, -0.2) is 19.2 Å². The third-order valence-corrected chi connectivity index (χ3v) is 5.69. The Morgan fingerprint density at radius 2 is 2.03 bits per heavy atom. The smallest absolute Gasteiger partial charge is 0.407 e. The van der Waals surface area contributed by atoms with E-state index in [-0.39, 0.29) is 17.8 Å². The lowest BCUT2D eigenvalue weighted by molar-refractivity contribution is 0.0658. The van der Waals surface area contributed by atoms with Crippen molar-refractivity contribution in [2.24, 2.45) is 5.92 Å². The largest absolute Gasteiger partial charge is 0.439 e. The molecule has 0 saturated carbocycles. The summed E-state index contributed by atoms with van der Waals surface area (Å²) < 4.78 is 18.7. The van der Waals surface area contributed by atoms with Crippen molar-refractivity contribution in [1.82, 2.24) is 15.3 Å². The number of benzene rings is 1. The van der Waals surface area contributed by atoms with Crippen molar-refractivity contribution >= 4 is 23.2 Å². The molecule has 3 heterocycles. The highest BCUT2D eigenvalue weighted by Gasteiger charge is 2.34. The molecule has 8 heteroatoms. The van der Waals surface area contributed by atoms with E-state index < -0.39 is 6.09 Å². The van der Waals surface area contributed by atoms with Crippen molar-refractivity contribution in [3.8, 4) is 11.1 Å². The molecule has 1 saturated heterocycles. The Kier molecular flexibility index (Phi) is 5.71. The predicted molar refractivity (Wildman–Crippen MR) is 110 cm³/mol. The molecule has 0 spiro atoms. The van der Waals surface area contributed by atoms with Crippen molar-refractivity contribution in [3.63, 3.8) is 0 Å². The highest BCUT2D eigenvalue weighted by Crippen LogP contribution is 2.35. The molecule has 1 aliphatic rings. The molecule has 2 unspecified atom stereocenters. The molecule has 0 radical (unpaired) electrons. The molecule has 1 N–H and O–H groups in total. The summed E-state index contributed by atoms with van der Waals surface area (Å²) in [4.78, 5) is 22.9. The second-order valence-corrected chi connectivity index (χ2v) is 7.61. The normalized spacial score (nSPS) is 17.2. The number of thiazole rings is 1. The number of carbonyl (C=O) groups excluding carboxylic acids is 1. The number of nitrogens with one attached hydrogen (secondary N) is 1. The summed E-state index contributed by atoms with van der Waals surface area (Å²) in [5.74, 6) is 0.749. The van der Waals surface area contributed by atoms with Crippen molar-refractivity contribution in [2.45, 2.75) is 12.5 Å². The quantitative estimate of drug-likeness (QED) is 0.678. The van der Waals surface area contributed by atoms with Crippen LogP contribution in [0.2, 0.25) is 0 Å². The molecule has 4 rings (SSSR count). The van der Waals surface area contributed by atoms with Crippen LogP contribution in [0.4, 0.5) is 15.0 Å². The number of ether oxygens (including phenoxy) is 1. The van der Waals surface area contributed by atoms with Crippen LogP contribution in [-0.2, 0) is 4.74 Å². The van der Waals surface area contributed by atoms with E-state index >= 15 is 0 Å². The molecule has 1 aliphatic heterocycles. The second-order valence-electron chi connectivity index (χ2n) is 6.90. The number of aromatic nitrogens is 2. The first-order valence-electron chi connectivity index (χ1n) is 9.37. The molecule has 29 heavy (non-hydrogen) atoms. The van der Waals surface area contributed by atoms with Crippen LogP contribution in [0.5, 0.6) is 0 Å². The molecule has 2 atom stereocenters. The maximum Gasteiger partial charge on any atom is 0.407 e. The van der Waals surface area contributed by atoms with Crippen molar-refractivity contribution in [3.05, 3.63) is 65.0 Å². The van der Waals surface area contributed by atoms with Crippen molar-refractivity contribution in [2.75, 3.05) is 25.0 Å². The Hall–Kier alpha value is -3.00. The van der Waals surface area contributed by atoms with E-state index in [0.29, 0.717) is 0 Å². The molecule has 0 bridgehead atoms. The second kappa shape index (κ2) is 8.57. The van der Waals surface area contributed by atoms with Gasteiger partial charge >= 0.3 is 6.09 Å². The van der Waals surface area contributed by atoms with Gasteiger partial charge < -0.3 is 15.0 Å². The fourth-order valence-corrected chi connectivity index (χ4v) is 4.14. The average molecular weight is 412 g/mol. The lowest BCUT2D eigenvalue weighted by atomic mass is 9.99. The van der Waals surface area contributed by atoms with E-state index in [4.69, 9.17) is 4.74 Å². The first-order valence-corrected chi connectivity index (χ1v) is 10.3. The third-order valence-electron chi connectivity index (χ3n) is 5.08. The Balaban J connectivity index is 1.47.